The topological polar surface area (TPSA) is 30.5 Å². The fourth-order valence-electron chi connectivity index (χ4n) is 1.46. The summed E-state index contributed by atoms with van der Waals surface area (Å²) in [6.07, 6.45) is 0. The van der Waals surface area contributed by atoms with Crippen LogP contribution in [0, 0.1) is 0 Å². The van der Waals surface area contributed by atoms with Crippen molar-refractivity contribution >= 4 is 11.6 Å². The Kier molecular flexibility index (Phi) is 7.21. The lowest BCUT2D eigenvalue weighted by molar-refractivity contribution is 0.0712. The van der Waals surface area contributed by atoms with Gasteiger partial charge in [0.05, 0.1) is 19.8 Å². The van der Waals surface area contributed by atoms with Crippen LogP contribution in [-0.2, 0) is 9.47 Å². The standard InChI is InChI=1S/C13H20ClNO2/c1-11(12-3-5-13(14)6-4-12)15-7-8-17-10-9-16-2/h3-6,11,15H,7-10H2,1-2H3/t11-/m1/s1. The maximum atomic E-state index is 5.84. The second-order valence-electron chi connectivity index (χ2n) is 3.83. The molecule has 0 saturated heterocycles. The zero-order chi connectivity index (χ0) is 12.5. The molecule has 17 heavy (non-hydrogen) atoms. The van der Waals surface area contributed by atoms with Crippen molar-refractivity contribution in [3.8, 4) is 0 Å². The molecule has 0 radical (unpaired) electrons. The van der Waals surface area contributed by atoms with Crippen LogP contribution in [0.2, 0.25) is 5.02 Å². The van der Waals surface area contributed by atoms with Gasteiger partial charge in [-0.05, 0) is 24.6 Å². The summed E-state index contributed by atoms with van der Waals surface area (Å²) in [4.78, 5) is 0. The third-order valence-corrected chi connectivity index (χ3v) is 2.75. The van der Waals surface area contributed by atoms with E-state index in [0.29, 0.717) is 25.9 Å². The maximum Gasteiger partial charge on any atom is 0.0700 e. The van der Waals surface area contributed by atoms with Gasteiger partial charge in [0, 0.05) is 24.7 Å². The molecular weight excluding hydrogens is 238 g/mol. The highest BCUT2D eigenvalue weighted by Gasteiger charge is 2.03. The monoisotopic (exact) mass is 257 g/mol. The third-order valence-electron chi connectivity index (χ3n) is 2.50. The average Bonchev–Trinajstić information content (AvgIpc) is 2.34. The van der Waals surface area contributed by atoms with E-state index in [4.69, 9.17) is 21.1 Å². The third kappa shape index (κ3) is 6.03. The summed E-state index contributed by atoms with van der Waals surface area (Å²) < 4.78 is 10.3. The van der Waals surface area contributed by atoms with Crippen molar-refractivity contribution in [1.82, 2.24) is 5.32 Å². The molecule has 1 atom stereocenters. The van der Waals surface area contributed by atoms with Gasteiger partial charge in [0.1, 0.15) is 0 Å². The largest absolute Gasteiger partial charge is 0.382 e. The van der Waals surface area contributed by atoms with Gasteiger partial charge in [0.25, 0.3) is 0 Å². The van der Waals surface area contributed by atoms with Crippen LogP contribution in [0.15, 0.2) is 24.3 Å². The van der Waals surface area contributed by atoms with E-state index in [2.05, 4.69) is 12.2 Å². The SMILES string of the molecule is COCCOCCN[C@H](C)c1ccc(Cl)cc1. The summed E-state index contributed by atoms with van der Waals surface area (Å²) in [5.74, 6) is 0. The van der Waals surface area contributed by atoms with E-state index in [1.807, 2.05) is 24.3 Å². The van der Waals surface area contributed by atoms with Crippen LogP contribution < -0.4 is 5.32 Å². The fourth-order valence-corrected chi connectivity index (χ4v) is 1.59. The molecule has 0 spiro atoms. The average molecular weight is 258 g/mol. The molecule has 0 aliphatic rings. The predicted octanol–water partition coefficient (Wildman–Crippen LogP) is 2.65. The molecule has 1 N–H and O–H groups in total. The predicted molar refractivity (Wildman–Crippen MR) is 70.6 cm³/mol. The molecule has 0 heterocycles. The van der Waals surface area contributed by atoms with Gasteiger partial charge in [0.15, 0.2) is 0 Å². The first kappa shape index (κ1) is 14.5. The van der Waals surface area contributed by atoms with E-state index in [1.54, 1.807) is 7.11 Å². The lowest BCUT2D eigenvalue weighted by atomic mass is 10.1. The molecule has 0 bridgehead atoms. The number of hydrogen-bond donors (Lipinski definition) is 1. The number of hydrogen-bond acceptors (Lipinski definition) is 3. The van der Waals surface area contributed by atoms with E-state index in [1.165, 1.54) is 5.56 Å². The number of benzene rings is 1. The van der Waals surface area contributed by atoms with Gasteiger partial charge < -0.3 is 14.8 Å². The summed E-state index contributed by atoms with van der Waals surface area (Å²) in [6, 6.07) is 8.18. The molecule has 3 nitrogen and oxygen atoms in total. The lowest BCUT2D eigenvalue weighted by Gasteiger charge is -2.14. The highest BCUT2D eigenvalue weighted by atomic mass is 35.5. The molecule has 0 saturated carbocycles. The van der Waals surface area contributed by atoms with Gasteiger partial charge in [0.2, 0.25) is 0 Å². The van der Waals surface area contributed by atoms with Crippen LogP contribution in [0.1, 0.15) is 18.5 Å². The van der Waals surface area contributed by atoms with Crippen LogP contribution in [0.3, 0.4) is 0 Å². The van der Waals surface area contributed by atoms with Crippen LogP contribution >= 0.6 is 11.6 Å². The van der Waals surface area contributed by atoms with E-state index in [0.717, 1.165) is 11.6 Å². The van der Waals surface area contributed by atoms with Crippen molar-refractivity contribution in [2.45, 2.75) is 13.0 Å². The van der Waals surface area contributed by atoms with Crippen LogP contribution in [0.4, 0.5) is 0 Å². The van der Waals surface area contributed by atoms with E-state index in [-0.39, 0.29) is 0 Å². The van der Waals surface area contributed by atoms with Crippen molar-refractivity contribution in [2.24, 2.45) is 0 Å². The van der Waals surface area contributed by atoms with E-state index in [9.17, 15) is 0 Å². The first-order valence-corrected chi connectivity index (χ1v) is 6.17. The van der Waals surface area contributed by atoms with Crippen molar-refractivity contribution in [2.75, 3.05) is 33.5 Å². The zero-order valence-corrected chi connectivity index (χ0v) is 11.2. The Labute approximate surface area is 108 Å². The Balaban J connectivity index is 2.16. The van der Waals surface area contributed by atoms with E-state index >= 15 is 0 Å². The minimum Gasteiger partial charge on any atom is -0.382 e. The summed E-state index contributed by atoms with van der Waals surface area (Å²) >= 11 is 5.84. The van der Waals surface area contributed by atoms with Gasteiger partial charge in [-0.2, -0.15) is 0 Å². The van der Waals surface area contributed by atoms with Crippen molar-refractivity contribution in [3.05, 3.63) is 34.9 Å². The van der Waals surface area contributed by atoms with Gasteiger partial charge >= 0.3 is 0 Å². The highest BCUT2D eigenvalue weighted by Crippen LogP contribution is 2.15. The van der Waals surface area contributed by atoms with Gasteiger partial charge in [-0.15, -0.1) is 0 Å². The summed E-state index contributed by atoms with van der Waals surface area (Å²) in [5, 5.41) is 4.15. The Morgan fingerprint density at radius 2 is 1.88 bits per heavy atom. The molecular formula is C13H20ClNO2. The molecule has 0 aliphatic heterocycles. The molecule has 0 aliphatic carbocycles. The Hall–Kier alpha value is -0.610. The lowest BCUT2D eigenvalue weighted by Crippen LogP contribution is -2.23. The maximum absolute atomic E-state index is 5.84. The van der Waals surface area contributed by atoms with E-state index < -0.39 is 0 Å². The minimum absolute atomic E-state index is 0.304. The number of rotatable bonds is 8. The molecule has 0 amide bonds. The van der Waals surface area contributed by atoms with Crippen molar-refractivity contribution in [3.63, 3.8) is 0 Å². The first-order valence-electron chi connectivity index (χ1n) is 5.79. The normalized spacial score (nSPS) is 12.6. The number of halogens is 1. The second kappa shape index (κ2) is 8.48. The summed E-state index contributed by atoms with van der Waals surface area (Å²) in [7, 11) is 1.67. The highest BCUT2D eigenvalue weighted by molar-refractivity contribution is 6.30. The van der Waals surface area contributed by atoms with Gasteiger partial charge in [-0.25, -0.2) is 0 Å². The second-order valence-corrected chi connectivity index (χ2v) is 4.27. The fraction of sp³-hybridized carbons (Fsp3) is 0.538. The van der Waals surface area contributed by atoms with Crippen LogP contribution in [-0.4, -0.2) is 33.5 Å². The Morgan fingerprint density at radius 3 is 2.53 bits per heavy atom. The number of ether oxygens (including phenoxy) is 2. The first-order chi connectivity index (χ1) is 8.24. The zero-order valence-electron chi connectivity index (χ0n) is 10.4. The quantitative estimate of drug-likeness (QED) is 0.727. The molecule has 96 valence electrons. The smallest absolute Gasteiger partial charge is 0.0700 e. The number of nitrogens with one attached hydrogen (secondary N) is 1. The Morgan fingerprint density at radius 1 is 1.18 bits per heavy atom. The summed E-state index contributed by atoms with van der Waals surface area (Å²) in [5.41, 5.74) is 1.23. The van der Waals surface area contributed by atoms with Crippen molar-refractivity contribution < 1.29 is 9.47 Å². The minimum atomic E-state index is 0.304. The molecule has 1 rings (SSSR count). The van der Waals surface area contributed by atoms with Crippen LogP contribution in [0.5, 0.6) is 0 Å². The molecule has 0 fully saturated rings. The molecule has 4 heteroatoms. The van der Waals surface area contributed by atoms with Crippen LogP contribution in [0.25, 0.3) is 0 Å². The summed E-state index contributed by atoms with van der Waals surface area (Å²) in [6.45, 7) is 4.94. The van der Waals surface area contributed by atoms with Gasteiger partial charge in [-0.3, -0.25) is 0 Å². The Bertz CT molecular complexity index is 303. The molecule has 1 aromatic carbocycles. The molecule has 0 unspecified atom stereocenters. The van der Waals surface area contributed by atoms with Gasteiger partial charge in [-0.1, -0.05) is 23.7 Å². The molecule has 0 aromatic heterocycles. The van der Waals surface area contributed by atoms with Crippen molar-refractivity contribution in [1.29, 1.82) is 0 Å². The molecule has 1 aromatic rings. The number of methoxy groups -OCH3 is 1.